The first kappa shape index (κ1) is 11.8. The summed E-state index contributed by atoms with van der Waals surface area (Å²) in [5, 5.41) is 29.8. The Morgan fingerprint density at radius 3 is 1.75 bits per heavy atom. The van der Waals surface area contributed by atoms with E-state index in [1.807, 2.05) is 0 Å². The summed E-state index contributed by atoms with van der Waals surface area (Å²) >= 11 is 0. The van der Waals surface area contributed by atoms with Crippen molar-refractivity contribution in [3.8, 4) is 5.75 Å². The van der Waals surface area contributed by atoms with Gasteiger partial charge in [-0.2, -0.15) is 0 Å². The first-order valence-corrected chi connectivity index (χ1v) is 3.78. The molecule has 1 aromatic rings. The predicted octanol–water partition coefficient (Wildman–Crippen LogP) is 2.15. The number of phenols is 1. The highest BCUT2D eigenvalue weighted by Crippen LogP contribution is 2.39. The number of halogens is 2. The number of nitro benzene ring substituents is 2. The molecule has 1 rings (SSSR count). The van der Waals surface area contributed by atoms with Crippen molar-refractivity contribution in [1.82, 2.24) is 0 Å². The number of hydrogen-bond donors (Lipinski definition) is 1. The van der Waals surface area contributed by atoms with Crippen LogP contribution in [0.5, 0.6) is 5.75 Å². The SMILES string of the molecule is O=[N+]([O-])c1cc(C(F)F)cc([N+](=O)[O-])c1O. The van der Waals surface area contributed by atoms with Crippen LogP contribution >= 0.6 is 0 Å². The Morgan fingerprint density at radius 2 is 1.50 bits per heavy atom. The smallest absolute Gasteiger partial charge is 0.318 e. The van der Waals surface area contributed by atoms with E-state index in [0.717, 1.165) is 0 Å². The number of rotatable bonds is 3. The Bertz CT molecular complexity index is 427. The minimum Gasteiger partial charge on any atom is -0.497 e. The van der Waals surface area contributed by atoms with Crippen LogP contribution in [0.2, 0.25) is 0 Å². The van der Waals surface area contributed by atoms with Gasteiger partial charge in [0, 0.05) is 17.7 Å². The minimum absolute atomic E-state index is 0.396. The number of hydrogen-bond acceptors (Lipinski definition) is 5. The summed E-state index contributed by atoms with van der Waals surface area (Å²) in [5.74, 6) is -1.24. The summed E-state index contributed by atoms with van der Waals surface area (Å²) in [5.41, 5.74) is -3.13. The molecule has 1 N–H and O–H groups in total. The van der Waals surface area contributed by atoms with Crippen LogP contribution in [0.4, 0.5) is 20.2 Å². The molecule has 7 nitrogen and oxygen atoms in total. The maximum Gasteiger partial charge on any atom is 0.318 e. The highest BCUT2D eigenvalue weighted by molar-refractivity contribution is 5.61. The molecule has 0 saturated heterocycles. The van der Waals surface area contributed by atoms with Gasteiger partial charge in [-0.05, 0) is 0 Å². The van der Waals surface area contributed by atoms with Gasteiger partial charge in [0.25, 0.3) is 12.2 Å². The maximum absolute atomic E-state index is 12.3. The number of benzene rings is 1. The zero-order chi connectivity index (χ0) is 12.5. The van der Waals surface area contributed by atoms with Crippen molar-refractivity contribution in [3.63, 3.8) is 0 Å². The van der Waals surface area contributed by atoms with E-state index in [1.165, 1.54) is 0 Å². The lowest BCUT2D eigenvalue weighted by molar-refractivity contribution is -0.396. The van der Waals surface area contributed by atoms with Crippen molar-refractivity contribution in [2.45, 2.75) is 6.43 Å². The van der Waals surface area contributed by atoms with Crippen LogP contribution in [0.15, 0.2) is 12.1 Å². The zero-order valence-electron chi connectivity index (χ0n) is 7.46. The molecule has 0 fully saturated rings. The first-order valence-electron chi connectivity index (χ1n) is 3.78. The van der Waals surface area contributed by atoms with Gasteiger partial charge in [-0.25, -0.2) is 8.78 Å². The Balaban J connectivity index is 3.51. The molecule has 0 aliphatic rings. The van der Waals surface area contributed by atoms with E-state index in [0.29, 0.717) is 12.1 Å². The topological polar surface area (TPSA) is 107 Å². The Labute approximate surface area is 86.2 Å². The first-order chi connectivity index (χ1) is 7.34. The summed E-state index contributed by atoms with van der Waals surface area (Å²) in [6.07, 6.45) is -3.10. The molecule has 0 unspecified atom stereocenters. The third-order valence-corrected chi connectivity index (χ3v) is 1.74. The highest BCUT2D eigenvalue weighted by atomic mass is 19.3. The fraction of sp³-hybridized carbons (Fsp3) is 0.143. The van der Waals surface area contributed by atoms with Crippen LogP contribution in [-0.2, 0) is 0 Å². The van der Waals surface area contributed by atoms with E-state index >= 15 is 0 Å². The lowest BCUT2D eigenvalue weighted by atomic mass is 10.1. The van der Waals surface area contributed by atoms with Gasteiger partial charge in [0.05, 0.1) is 9.85 Å². The van der Waals surface area contributed by atoms with Crippen molar-refractivity contribution in [1.29, 1.82) is 0 Å². The van der Waals surface area contributed by atoms with Gasteiger partial charge in [0.15, 0.2) is 0 Å². The third kappa shape index (κ3) is 2.02. The molecule has 1 aromatic carbocycles. The van der Waals surface area contributed by atoms with Crippen molar-refractivity contribution in [3.05, 3.63) is 37.9 Å². The van der Waals surface area contributed by atoms with Crippen LogP contribution in [0.3, 0.4) is 0 Å². The quantitative estimate of drug-likeness (QED) is 0.636. The van der Waals surface area contributed by atoms with Crippen molar-refractivity contribution in [2.24, 2.45) is 0 Å². The van der Waals surface area contributed by atoms with E-state index < -0.39 is 39.0 Å². The van der Waals surface area contributed by atoms with Gasteiger partial charge in [-0.1, -0.05) is 0 Å². The second-order valence-electron chi connectivity index (χ2n) is 2.72. The van der Waals surface area contributed by atoms with Crippen LogP contribution in [-0.4, -0.2) is 15.0 Å². The van der Waals surface area contributed by atoms with E-state index in [2.05, 4.69) is 0 Å². The number of nitro groups is 2. The molecular formula is C7H4F2N2O5. The van der Waals surface area contributed by atoms with E-state index in [1.54, 1.807) is 0 Å². The van der Waals surface area contributed by atoms with Crippen LogP contribution in [0, 0.1) is 20.2 Å². The van der Waals surface area contributed by atoms with Crippen LogP contribution < -0.4 is 0 Å². The Kier molecular flexibility index (Phi) is 2.97. The van der Waals surface area contributed by atoms with E-state index in [4.69, 9.17) is 5.11 Å². The summed E-state index contributed by atoms with van der Waals surface area (Å²) in [6.45, 7) is 0. The molecular weight excluding hydrogens is 230 g/mol. The van der Waals surface area contributed by atoms with Crippen molar-refractivity contribution >= 4 is 11.4 Å². The van der Waals surface area contributed by atoms with Crippen molar-refractivity contribution < 1.29 is 23.7 Å². The molecule has 0 heterocycles. The fourth-order valence-electron chi connectivity index (χ4n) is 1.03. The highest BCUT2D eigenvalue weighted by Gasteiger charge is 2.28. The fourth-order valence-corrected chi connectivity index (χ4v) is 1.03. The number of nitrogens with zero attached hydrogens (tertiary/aromatic N) is 2. The normalized spacial score (nSPS) is 10.4. The van der Waals surface area contributed by atoms with Gasteiger partial charge in [0.1, 0.15) is 0 Å². The summed E-state index contributed by atoms with van der Waals surface area (Å²) < 4.78 is 24.5. The molecule has 9 heteroatoms. The molecule has 0 bridgehead atoms. The summed E-state index contributed by atoms with van der Waals surface area (Å²) in [6, 6.07) is 0.792. The maximum atomic E-state index is 12.3. The molecule has 0 atom stereocenters. The average Bonchev–Trinajstić information content (AvgIpc) is 2.16. The van der Waals surface area contributed by atoms with E-state index in [9.17, 15) is 29.0 Å². The monoisotopic (exact) mass is 234 g/mol. The summed E-state index contributed by atoms with van der Waals surface area (Å²) in [4.78, 5) is 18.4. The molecule has 86 valence electrons. The molecule has 0 aliphatic heterocycles. The second-order valence-corrected chi connectivity index (χ2v) is 2.72. The average molecular weight is 234 g/mol. The molecule has 0 spiro atoms. The zero-order valence-corrected chi connectivity index (χ0v) is 7.46. The lowest BCUT2D eigenvalue weighted by Gasteiger charge is -2.02. The molecule has 0 aliphatic carbocycles. The molecule has 0 aromatic heterocycles. The molecule has 16 heavy (non-hydrogen) atoms. The largest absolute Gasteiger partial charge is 0.497 e. The molecule has 0 amide bonds. The number of aromatic hydroxyl groups is 1. The summed E-state index contributed by atoms with van der Waals surface area (Å²) in [7, 11) is 0. The van der Waals surface area contributed by atoms with Crippen LogP contribution in [0.1, 0.15) is 12.0 Å². The third-order valence-electron chi connectivity index (χ3n) is 1.74. The molecule has 0 radical (unpaired) electrons. The lowest BCUT2D eigenvalue weighted by Crippen LogP contribution is -1.97. The van der Waals surface area contributed by atoms with Crippen molar-refractivity contribution in [2.75, 3.05) is 0 Å². The Morgan fingerprint density at radius 1 is 1.12 bits per heavy atom. The van der Waals surface area contributed by atoms with Crippen LogP contribution in [0.25, 0.3) is 0 Å². The van der Waals surface area contributed by atoms with Gasteiger partial charge < -0.3 is 5.11 Å². The predicted molar refractivity (Wildman–Crippen MR) is 46.4 cm³/mol. The van der Waals surface area contributed by atoms with Gasteiger partial charge in [-0.3, -0.25) is 20.2 Å². The second kappa shape index (κ2) is 4.04. The standard InChI is InChI=1S/C7H4F2N2O5/c8-7(9)3-1-4(10(13)14)6(12)5(2-3)11(15)16/h1-2,7,12H. The van der Waals surface area contributed by atoms with Gasteiger partial charge >= 0.3 is 11.4 Å². The van der Waals surface area contributed by atoms with E-state index in [-0.39, 0.29) is 0 Å². The minimum atomic E-state index is -3.10. The number of phenolic OH excluding ortho intramolecular Hbond substituents is 1. The Hall–Kier alpha value is -2.32. The van der Waals surface area contributed by atoms with Gasteiger partial charge in [-0.15, -0.1) is 0 Å². The number of alkyl halides is 2. The van der Waals surface area contributed by atoms with Gasteiger partial charge in [0.2, 0.25) is 0 Å². The molecule has 0 saturated carbocycles.